The highest BCUT2D eigenvalue weighted by atomic mass is 16.5. The largest absolute Gasteiger partial charge is 0.451 e. The fourth-order valence-electron chi connectivity index (χ4n) is 4.14. The number of aryl methyl sites for hydroxylation is 2. The number of nitrogens with zero attached hydrogens (tertiary/aromatic N) is 1. The predicted octanol–water partition coefficient (Wildman–Crippen LogP) is 3.42. The first-order valence-corrected chi connectivity index (χ1v) is 9.75. The molecule has 2 saturated heterocycles. The number of hydrogen-bond donors (Lipinski definition) is 1. The molecule has 1 aromatic carbocycles. The van der Waals surface area contributed by atoms with Crippen LogP contribution in [0.15, 0.2) is 22.6 Å². The zero-order valence-corrected chi connectivity index (χ0v) is 15.7. The van der Waals surface area contributed by atoms with Crippen molar-refractivity contribution in [3.05, 3.63) is 35.1 Å². The minimum atomic E-state index is -0.0890. The highest BCUT2D eigenvalue weighted by molar-refractivity contribution is 5.99. The van der Waals surface area contributed by atoms with Crippen LogP contribution in [-0.2, 0) is 4.74 Å². The number of amides is 1. The number of fused-ring (bicyclic) bond motifs is 1. The zero-order valence-electron chi connectivity index (χ0n) is 15.7. The van der Waals surface area contributed by atoms with Crippen LogP contribution in [0, 0.1) is 13.8 Å². The maximum absolute atomic E-state index is 12.7. The van der Waals surface area contributed by atoms with E-state index in [4.69, 9.17) is 9.15 Å². The lowest BCUT2D eigenvalue weighted by atomic mass is 10.0. The number of furan rings is 1. The zero-order chi connectivity index (χ0) is 18.1. The van der Waals surface area contributed by atoms with Gasteiger partial charge in [-0.2, -0.15) is 0 Å². The van der Waals surface area contributed by atoms with Crippen molar-refractivity contribution in [2.75, 3.05) is 26.2 Å². The van der Waals surface area contributed by atoms with Gasteiger partial charge in [0, 0.05) is 43.2 Å². The Morgan fingerprint density at radius 1 is 1.23 bits per heavy atom. The van der Waals surface area contributed by atoms with E-state index in [1.54, 1.807) is 0 Å². The molecular weight excluding hydrogens is 328 g/mol. The first-order valence-electron chi connectivity index (χ1n) is 9.75. The number of rotatable bonds is 4. The normalized spacial score (nSPS) is 22.2. The number of likely N-dealkylation sites (tertiary alicyclic amines) is 1. The van der Waals surface area contributed by atoms with Crippen molar-refractivity contribution in [1.82, 2.24) is 10.2 Å². The van der Waals surface area contributed by atoms with Crippen LogP contribution in [-0.4, -0.2) is 49.2 Å². The smallest absolute Gasteiger partial charge is 0.287 e. The van der Waals surface area contributed by atoms with Gasteiger partial charge in [0.25, 0.3) is 5.91 Å². The van der Waals surface area contributed by atoms with Crippen LogP contribution < -0.4 is 5.32 Å². The third kappa shape index (κ3) is 3.64. The van der Waals surface area contributed by atoms with Gasteiger partial charge in [0.2, 0.25) is 0 Å². The Kier molecular flexibility index (Phi) is 5.00. The van der Waals surface area contributed by atoms with Crippen LogP contribution in [0.3, 0.4) is 0 Å². The minimum absolute atomic E-state index is 0.0890. The molecule has 0 bridgehead atoms. The van der Waals surface area contributed by atoms with Crippen LogP contribution in [0.25, 0.3) is 11.0 Å². The molecule has 1 aromatic heterocycles. The molecule has 2 fully saturated rings. The highest BCUT2D eigenvalue weighted by Gasteiger charge is 2.26. The van der Waals surface area contributed by atoms with Gasteiger partial charge in [-0.05, 0) is 51.2 Å². The molecule has 0 spiro atoms. The van der Waals surface area contributed by atoms with E-state index in [9.17, 15) is 4.79 Å². The Labute approximate surface area is 154 Å². The molecule has 26 heavy (non-hydrogen) atoms. The molecule has 2 aromatic rings. The summed E-state index contributed by atoms with van der Waals surface area (Å²) >= 11 is 0. The van der Waals surface area contributed by atoms with Gasteiger partial charge in [0.15, 0.2) is 5.76 Å². The van der Waals surface area contributed by atoms with Crippen molar-refractivity contribution in [3.8, 4) is 0 Å². The van der Waals surface area contributed by atoms with Gasteiger partial charge < -0.3 is 19.4 Å². The number of carbonyl (C=O) groups is 1. The quantitative estimate of drug-likeness (QED) is 0.912. The summed E-state index contributed by atoms with van der Waals surface area (Å²) in [6, 6.07) is 6.29. The molecule has 140 valence electrons. The number of hydrogen-bond acceptors (Lipinski definition) is 4. The Balaban J connectivity index is 1.34. The molecular formula is C21H28N2O3. The first-order chi connectivity index (χ1) is 12.6. The molecule has 4 rings (SSSR count). The van der Waals surface area contributed by atoms with Crippen molar-refractivity contribution >= 4 is 16.9 Å². The predicted molar refractivity (Wildman–Crippen MR) is 102 cm³/mol. The molecule has 2 aliphatic heterocycles. The fraction of sp³-hybridized carbons (Fsp3) is 0.571. The van der Waals surface area contributed by atoms with Crippen LogP contribution >= 0.6 is 0 Å². The topological polar surface area (TPSA) is 54.7 Å². The van der Waals surface area contributed by atoms with E-state index in [2.05, 4.69) is 16.3 Å². The van der Waals surface area contributed by atoms with E-state index in [-0.39, 0.29) is 11.9 Å². The molecule has 2 aliphatic rings. The lowest BCUT2D eigenvalue weighted by Crippen LogP contribution is -2.46. The molecule has 3 heterocycles. The third-order valence-corrected chi connectivity index (χ3v) is 5.71. The second kappa shape index (κ2) is 7.41. The van der Waals surface area contributed by atoms with Crippen LogP contribution in [0.1, 0.15) is 47.4 Å². The summed E-state index contributed by atoms with van der Waals surface area (Å²) < 4.78 is 11.6. The second-order valence-electron chi connectivity index (χ2n) is 7.74. The maximum Gasteiger partial charge on any atom is 0.287 e. The molecule has 1 amide bonds. The van der Waals surface area contributed by atoms with E-state index in [0.29, 0.717) is 11.9 Å². The molecule has 1 atom stereocenters. The third-order valence-electron chi connectivity index (χ3n) is 5.71. The van der Waals surface area contributed by atoms with E-state index in [0.717, 1.165) is 61.2 Å². The molecule has 1 N–H and O–H groups in total. The lowest BCUT2D eigenvalue weighted by molar-refractivity contribution is 0.0610. The highest BCUT2D eigenvalue weighted by Crippen LogP contribution is 2.26. The minimum Gasteiger partial charge on any atom is -0.451 e. The number of benzene rings is 1. The van der Waals surface area contributed by atoms with Gasteiger partial charge in [-0.3, -0.25) is 4.79 Å². The summed E-state index contributed by atoms with van der Waals surface area (Å²) in [5, 5.41) is 4.20. The Morgan fingerprint density at radius 2 is 2.04 bits per heavy atom. The Bertz CT molecular complexity index is 784. The summed E-state index contributed by atoms with van der Waals surface area (Å²) in [5.74, 6) is 0.362. The SMILES string of the molecule is Cc1ccc2c(C)c(C(=O)NC3CCN(CC4CCCO4)CC3)oc2c1. The maximum atomic E-state index is 12.7. The summed E-state index contributed by atoms with van der Waals surface area (Å²) in [5.41, 5.74) is 2.85. The fourth-order valence-corrected chi connectivity index (χ4v) is 4.14. The van der Waals surface area contributed by atoms with Gasteiger partial charge >= 0.3 is 0 Å². The molecule has 5 heteroatoms. The van der Waals surface area contributed by atoms with Gasteiger partial charge in [0.1, 0.15) is 5.58 Å². The average Bonchev–Trinajstić information content (AvgIpc) is 3.24. The number of carbonyl (C=O) groups excluding carboxylic acids is 1. The molecule has 0 radical (unpaired) electrons. The average molecular weight is 356 g/mol. The number of nitrogens with one attached hydrogen (secondary N) is 1. The molecule has 0 saturated carbocycles. The van der Waals surface area contributed by atoms with Crippen LogP contribution in [0.2, 0.25) is 0 Å². The van der Waals surface area contributed by atoms with Gasteiger partial charge in [-0.15, -0.1) is 0 Å². The Morgan fingerprint density at radius 3 is 2.77 bits per heavy atom. The van der Waals surface area contributed by atoms with Crippen molar-refractivity contribution in [1.29, 1.82) is 0 Å². The monoisotopic (exact) mass is 356 g/mol. The van der Waals surface area contributed by atoms with E-state index in [1.165, 1.54) is 12.8 Å². The molecule has 1 unspecified atom stereocenters. The van der Waals surface area contributed by atoms with Gasteiger partial charge in [-0.1, -0.05) is 12.1 Å². The summed E-state index contributed by atoms with van der Waals surface area (Å²) in [6.07, 6.45) is 4.74. The van der Waals surface area contributed by atoms with Crippen molar-refractivity contribution in [2.24, 2.45) is 0 Å². The number of ether oxygens (including phenoxy) is 1. The molecule has 0 aliphatic carbocycles. The molecule has 5 nitrogen and oxygen atoms in total. The summed E-state index contributed by atoms with van der Waals surface area (Å²) in [4.78, 5) is 15.2. The van der Waals surface area contributed by atoms with E-state index >= 15 is 0 Å². The second-order valence-corrected chi connectivity index (χ2v) is 7.74. The van der Waals surface area contributed by atoms with Gasteiger partial charge in [-0.25, -0.2) is 0 Å². The van der Waals surface area contributed by atoms with Gasteiger partial charge in [0.05, 0.1) is 6.10 Å². The van der Waals surface area contributed by atoms with Crippen molar-refractivity contribution < 1.29 is 13.9 Å². The first kappa shape index (κ1) is 17.6. The summed E-state index contributed by atoms with van der Waals surface area (Å²) in [7, 11) is 0. The van der Waals surface area contributed by atoms with Crippen molar-refractivity contribution in [2.45, 2.75) is 51.7 Å². The summed E-state index contributed by atoms with van der Waals surface area (Å²) in [6.45, 7) is 7.96. The van der Waals surface area contributed by atoms with E-state index < -0.39 is 0 Å². The Hall–Kier alpha value is -1.85. The van der Waals surface area contributed by atoms with Crippen LogP contribution in [0.5, 0.6) is 0 Å². The van der Waals surface area contributed by atoms with Crippen molar-refractivity contribution in [3.63, 3.8) is 0 Å². The lowest BCUT2D eigenvalue weighted by Gasteiger charge is -2.33. The van der Waals surface area contributed by atoms with E-state index in [1.807, 2.05) is 26.0 Å². The standard InChI is InChI=1S/C21H28N2O3/c1-14-5-6-18-15(2)20(26-19(18)12-14)21(24)22-16-7-9-23(10-8-16)13-17-4-3-11-25-17/h5-6,12,16-17H,3-4,7-11,13H2,1-2H3,(H,22,24). The van der Waals surface area contributed by atoms with Crippen LogP contribution in [0.4, 0.5) is 0 Å². The number of piperidine rings is 1.